The Hall–Kier alpha value is -4.13. The second-order valence-electron chi connectivity index (χ2n) is 11.1. The van der Waals surface area contributed by atoms with E-state index in [4.69, 9.17) is 26.3 Å². The number of imide groups is 1. The van der Waals surface area contributed by atoms with Crippen molar-refractivity contribution in [3.05, 3.63) is 93.5 Å². The highest BCUT2D eigenvalue weighted by atomic mass is 35.5. The molecule has 2 amide bonds. The number of hydrogen-bond acceptors (Lipinski definition) is 8. The molecule has 13 heteroatoms. The number of amides is 2. The molecule has 0 saturated carbocycles. The molecule has 0 aliphatic carbocycles. The second kappa shape index (κ2) is 13.5. The van der Waals surface area contributed by atoms with Gasteiger partial charge in [0.25, 0.3) is 5.91 Å². The van der Waals surface area contributed by atoms with Gasteiger partial charge >= 0.3 is 0 Å². The van der Waals surface area contributed by atoms with E-state index in [1.54, 1.807) is 18.2 Å². The quantitative estimate of drug-likeness (QED) is 0.204. The molecule has 45 heavy (non-hydrogen) atoms. The van der Waals surface area contributed by atoms with Crippen LogP contribution in [0.25, 0.3) is 10.3 Å². The number of hydrogen-bond donors (Lipinski definition) is 1. The van der Waals surface area contributed by atoms with Crippen molar-refractivity contribution in [3.8, 4) is 5.88 Å². The highest BCUT2D eigenvalue weighted by Crippen LogP contribution is 2.31. The van der Waals surface area contributed by atoms with Gasteiger partial charge < -0.3 is 13.9 Å². The molecule has 6 rings (SSSR count). The van der Waals surface area contributed by atoms with Crippen molar-refractivity contribution in [1.82, 2.24) is 34.3 Å². The summed E-state index contributed by atoms with van der Waals surface area (Å²) in [5.41, 5.74) is 3.30. The zero-order valence-electron chi connectivity index (χ0n) is 25.0. The van der Waals surface area contributed by atoms with Crippen molar-refractivity contribution < 1.29 is 18.7 Å². The zero-order valence-corrected chi connectivity index (χ0v) is 26.6. The first-order valence-corrected chi connectivity index (χ1v) is 16.0. The van der Waals surface area contributed by atoms with Crippen LogP contribution in [0.5, 0.6) is 5.88 Å². The van der Waals surface area contributed by atoms with E-state index in [-0.39, 0.29) is 12.5 Å². The maximum atomic E-state index is 14.2. The number of nitrogens with zero attached hydrogens (tertiary/aromatic N) is 6. The number of aryl methyl sites for hydroxylation is 1. The standard InChI is InChI=1S/C32H33ClFN7O3S/c1-3-40-19-35-15-24(40)16-41-27-14-28(31(43)36-20(2)42)45-32(27)38-29(41)17-39-11-9-21(10-12-39)26-5-4-6-30(37-26)44-18-22-7-8-23(33)13-25(22)34/h4-8,13-15,19,21H,3,9-12,16-18H2,1-2H3,(H,36,42,43). The average molecular weight is 650 g/mol. The van der Waals surface area contributed by atoms with Gasteiger partial charge in [-0.25, -0.2) is 19.3 Å². The number of thiophene rings is 1. The minimum absolute atomic E-state index is 0.0733. The van der Waals surface area contributed by atoms with Crippen molar-refractivity contribution in [3.63, 3.8) is 0 Å². The van der Waals surface area contributed by atoms with Crippen molar-refractivity contribution >= 4 is 45.1 Å². The van der Waals surface area contributed by atoms with Gasteiger partial charge in [-0.3, -0.25) is 19.8 Å². The highest BCUT2D eigenvalue weighted by Gasteiger charge is 2.25. The van der Waals surface area contributed by atoms with Gasteiger partial charge in [0.05, 0.1) is 35.5 Å². The van der Waals surface area contributed by atoms with E-state index in [2.05, 4.69) is 31.3 Å². The third-order valence-corrected chi connectivity index (χ3v) is 9.26. The second-order valence-corrected chi connectivity index (χ2v) is 12.5. The van der Waals surface area contributed by atoms with Gasteiger partial charge in [0.15, 0.2) is 0 Å². The molecule has 234 valence electrons. The molecule has 0 spiro atoms. The molecule has 0 atom stereocenters. The Kier molecular flexibility index (Phi) is 9.24. The van der Waals surface area contributed by atoms with E-state index in [9.17, 15) is 14.0 Å². The molecular weight excluding hydrogens is 617 g/mol. The molecule has 1 fully saturated rings. The number of imidazole rings is 2. The SMILES string of the molecule is CCn1cncc1Cn1c(CN2CCC(c3cccc(OCc4ccc(Cl)cc4F)n3)CC2)nc2sc(C(=O)NC(C)=O)cc21. The van der Waals surface area contributed by atoms with Crippen LogP contribution < -0.4 is 10.1 Å². The van der Waals surface area contributed by atoms with Gasteiger partial charge in [-0.05, 0) is 57.1 Å². The minimum Gasteiger partial charge on any atom is -0.473 e. The number of aromatic nitrogens is 5. The topological polar surface area (TPSA) is 107 Å². The summed E-state index contributed by atoms with van der Waals surface area (Å²) in [7, 11) is 0. The van der Waals surface area contributed by atoms with Gasteiger partial charge in [-0.1, -0.05) is 23.7 Å². The van der Waals surface area contributed by atoms with Gasteiger partial charge in [0, 0.05) is 47.9 Å². The first-order valence-electron chi connectivity index (χ1n) is 14.8. The maximum Gasteiger partial charge on any atom is 0.268 e. The Balaban J connectivity index is 1.14. The van der Waals surface area contributed by atoms with Crippen molar-refractivity contribution in [2.45, 2.75) is 58.8 Å². The van der Waals surface area contributed by atoms with E-state index in [1.165, 1.54) is 24.3 Å². The lowest BCUT2D eigenvalue weighted by molar-refractivity contribution is -0.118. The summed E-state index contributed by atoms with van der Waals surface area (Å²) in [4.78, 5) is 41.6. The van der Waals surface area contributed by atoms with Gasteiger partial charge in [0.1, 0.15) is 23.1 Å². The summed E-state index contributed by atoms with van der Waals surface area (Å²) in [5.74, 6) is 0.448. The van der Waals surface area contributed by atoms with Crippen LogP contribution in [0.3, 0.4) is 0 Å². The molecule has 5 aromatic rings. The number of fused-ring (bicyclic) bond motifs is 1. The number of pyridine rings is 1. The zero-order chi connectivity index (χ0) is 31.5. The molecule has 1 aromatic carbocycles. The summed E-state index contributed by atoms with van der Waals surface area (Å²) in [6.45, 7) is 7.23. The molecule has 1 N–H and O–H groups in total. The monoisotopic (exact) mass is 649 g/mol. The number of piperidine rings is 1. The van der Waals surface area contributed by atoms with E-state index in [0.717, 1.165) is 60.0 Å². The molecule has 0 radical (unpaired) electrons. The lowest BCUT2D eigenvalue weighted by atomic mass is 9.93. The maximum absolute atomic E-state index is 14.2. The van der Waals surface area contributed by atoms with Crippen LogP contribution in [0.2, 0.25) is 5.02 Å². The summed E-state index contributed by atoms with van der Waals surface area (Å²) < 4.78 is 24.2. The summed E-state index contributed by atoms with van der Waals surface area (Å²) in [5, 5.41) is 2.70. The summed E-state index contributed by atoms with van der Waals surface area (Å²) in [6.07, 6.45) is 5.53. The largest absolute Gasteiger partial charge is 0.473 e. The highest BCUT2D eigenvalue weighted by molar-refractivity contribution is 7.20. The Morgan fingerprint density at radius 3 is 2.71 bits per heavy atom. The van der Waals surface area contributed by atoms with Crippen LogP contribution in [0.4, 0.5) is 4.39 Å². The van der Waals surface area contributed by atoms with E-state index >= 15 is 0 Å². The van der Waals surface area contributed by atoms with E-state index in [0.29, 0.717) is 34.4 Å². The molecular formula is C32H33ClFN7O3S. The molecule has 0 bridgehead atoms. The molecule has 1 aliphatic rings. The molecule has 4 aromatic heterocycles. The third-order valence-electron chi connectivity index (χ3n) is 8.01. The number of nitrogens with one attached hydrogen (secondary N) is 1. The Labute approximate surface area is 268 Å². The smallest absolute Gasteiger partial charge is 0.268 e. The Morgan fingerprint density at radius 2 is 1.96 bits per heavy atom. The van der Waals surface area contributed by atoms with Crippen molar-refractivity contribution in [2.24, 2.45) is 0 Å². The fraction of sp³-hybridized carbons (Fsp3) is 0.344. The number of rotatable bonds is 10. The molecule has 5 heterocycles. The fourth-order valence-corrected chi connectivity index (χ4v) is 6.74. The predicted octanol–water partition coefficient (Wildman–Crippen LogP) is 5.78. The van der Waals surface area contributed by atoms with E-state index in [1.807, 2.05) is 30.7 Å². The Bertz CT molecular complexity index is 1840. The first kappa shape index (κ1) is 30.9. The normalized spacial score (nSPS) is 14.2. The van der Waals surface area contributed by atoms with Crippen LogP contribution in [0, 0.1) is 5.82 Å². The van der Waals surface area contributed by atoms with Gasteiger partial charge in [-0.2, -0.15) is 0 Å². The fourth-order valence-electron chi connectivity index (χ4n) is 5.63. The van der Waals surface area contributed by atoms with Crippen molar-refractivity contribution in [1.29, 1.82) is 0 Å². The van der Waals surface area contributed by atoms with Crippen molar-refractivity contribution in [2.75, 3.05) is 13.1 Å². The summed E-state index contributed by atoms with van der Waals surface area (Å²) in [6, 6.07) is 12.1. The third kappa shape index (κ3) is 7.08. The number of carbonyl (C=O) groups is 2. The molecule has 10 nitrogen and oxygen atoms in total. The molecule has 1 saturated heterocycles. The van der Waals surface area contributed by atoms with Gasteiger partial charge in [0.2, 0.25) is 11.8 Å². The van der Waals surface area contributed by atoms with Gasteiger partial charge in [-0.15, -0.1) is 11.3 Å². The predicted molar refractivity (Wildman–Crippen MR) is 170 cm³/mol. The van der Waals surface area contributed by atoms with Crippen LogP contribution in [-0.2, 0) is 31.0 Å². The number of likely N-dealkylation sites (tertiary alicyclic amines) is 1. The number of ether oxygens (including phenoxy) is 1. The first-order chi connectivity index (χ1) is 21.8. The number of benzene rings is 1. The van der Waals surface area contributed by atoms with Crippen LogP contribution in [0.1, 0.15) is 65.1 Å². The molecule has 1 aliphatic heterocycles. The number of carbonyl (C=O) groups excluding carboxylic acids is 2. The lowest BCUT2D eigenvalue weighted by Gasteiger charge is -2.31. The summed E-state index contributed by atoms with van der Waals surface area (Å²) >= 11 is 7.15. The number of halogens is 2. The lowest BCUT2D eigenvalue weighted by Crippen LogP contribution is -2.33. The van der Waals surface area contributed by atoms with Crippen LogP contribution >= 0.6 is 22.9 Å². The Morgan fingerprint density at radius 1 is 1.13 bits per heavy atom. The average Bonchev–Trinajstić information content (AvgIpc) is 3.73. The molecule has 0 unspecified atom stereocenters. The minimum atomic E-state index is -0.417. The van der Waals surface area contributed by atoms with E-state index < -0.39 is 17.6 Å². The van der Waals surface area contributed by atoms with Crippen LogP contribution in [-0.4, -0.2) is 53.9 Å². The van der Waals surface area contributed by atoms with Crippen LogP contribution in [0.15, 0.2) is 55.0 Å².